The lowest BCUT2D eigenvalue weighted by atomic mass is 9.96. The first kappa shape index (κ1) is 12.1. The number of fused-ring (bicyclic) bond motifs is 1. The fourth-order valence-corrected chi connectivity index (χ4v) is 3.23. The lowest BCUT2D eigenvalue weighted by Crippen LogP contribution is -2.35. The molecule has 100 valence electrons. The smallest absolute Gasteiger partial charge is 0.161 e. The number of nitrogens with zero attached hydrogens (tertiary/aromatic N) is 4. The molecule has 0 aromatic carbocycles. The third-order valence-corrected chi connectivity index (χ3v) is 4.28. The fraction of sp³-hybridized carbons (Fsp3) is 0.846. The van der Waals surface area contributed by atoms with Crippen LogP contribution in [0.2, 0.25) is 0 Å². The van der Waals surface area contributed by atoms with Crippen molar-refractivity contribution in [3.63, 3.8) is 0 Å². The Bertz CT molecular complexity index is 417. The molecule has 1 saturated heterocycles. The Morgan fingerprint density at radius 1 is 1.17 bits per heavy atom. The zero-order valence-electron chi connectivity index (χ0n) is 11.0. The Morgan fingerprint density at radius 2 is 1.94 bits per heavy atom. The Balaban J connectivity index is 1.84. The Morgan fingerprint density at radius 3 is 2.78 bits per heavy atom. The van der Waals surface area contributed by atoms with Crippen molar-refractivity contribution in [3.8, 4) is 0 Å². The van der Waals surface area contributed by atoms with Crippen molar-refractivity contribution in [3.05, 3.63) is 11.6 Å². The maximum Gasteiger partial charge on any atom is 0.161 e. The lowest BCUT2D eigenvalue weighted by molar-refractivity contribution is 0.131. The van der Waals surface area contributed by atoms with Crippen molar-refractivity contribution < 1.29 is 5.11 Å². The highest BCUT2D eigenvalue weighted by atomic mass is 16.3. The molecule has 2 unspecified atom stereocenters. The summed E-state index contributed by atoms with van der Waals surface area (Å²) in [5.74, 6) is 2.37. The van der Waals surface area contributed by atoms with E-state index in [9.17, 15) is 5.11 Å². The third kappa shape index (κ3) is 2.06. The van der Waals surface area contributed by atoms with Gasteiger partial charge in [-0.3, -0.25) is 0 Å². The maximum absolute atomic E-state index is 9.94. The van der Waals surface area contributed by atoms with Gasteiger partial charge in [0.15, 0.2) is 5.82 Å². The van der Waals surface area contributed by atoms with Crippen molar-refractivity contribution >= 4 is 0 Å². The Labute approximate surface area is 108 Å². The number of rotatable bonds is 2. The van der Waals surface area contributed by atoms with E-state index in [0.29, 0.717) is 5.92 Å². The van der Waals surface area contributed by atoms with Crippen molar-refractivity contribution in [1.82, 2.24) is 19.7 Å². The van der Waals surface area contributed by atoms with Gasteiger partial charge in [0.1, 0.15) is 11.9 Å². The predicted molar refractivity (Wildman–Crippen MR) is 68.3 cm³/mol. The van der Waals surface area contributed by atoms with Crippen LogP contribution in [0.3, 0.4) is 0 Å². The molecule has 0 aliphatic carbocycles. The van der Waals surface area contributed by atoms with Gasteiger partial charge in [-0.15, -0.1) is 10.2 Å². The molecule has 0 radical (unpaired) electrons. The highest BCUT2D eigenvalue weighted by Crippen LogP contribution is 2.30. The van der Waals surface area contributed by atoms with Crippen molar-refractivity contribution in [2.75, 3.05) is 19.6 Å². The lowest BCUT2D eigenvalue weighted by Gasteiger charge is -2.32. The molecule has 1 aromatic heterocycles. The molecule has 3 rings (SSSR count). The van der Waals surface area contributed by atoms with Gasteiger partial charge in [0, 0.05) is 19.0 Å². The van der Waals surface area contributed by atoms with Crippen LogP contribution in [0.5, 0.6) is 0 Å². The van der Waals surface area contributed by atoms with Crippen LogP contribution < -0.4 is 0 Å². The van der Waals surface area contributed by atoms with E-state index in [2.05, 4.69) is 26.6 Å². The molecule has 1 fully saturated rings. The van der Waals surface area contributed by atoms with E-state index < -0.39 is 6.10 Å². The summed E-state index contributed by atoms with van der Waals surface area (Å²) in [5.41, 5.74) is 0. The van der Waals surface area contributed by atoms with Crippen LogP contribution in [0.4, 0.5) is 0 Å². The van der Waals surface area contributed by atoms with E-state index in [-0.39, 0.29) is 0 Å². The van der Waals surface area contributed by atoms with E-state index in [0.717, 1.165) is 44.1 Å². The monoisotopic (exact) mass is 250 g/mol. The van der Waals surface area contributed by atoms with Gasteiger partial charge in [-0.25, -0.2) is 0 Å². The molecule has 2 atom stereocenters. The SMILES string of the molecule is CCN1CCCC(c2nnc3n2CCCC3O)C1. The quantitative estimate of drug-likeness (QED) is 0.859. The number of likely N-dealkylation sites (N-methyl/N-ethyl adjacent to an activating group) is 1. The second-order valence-electron chi connectivity index (χ2n) is 5.46. The number of hydrogen-bond donors (Lipinski definition) is 1. The first-order valence-corrected chi connectivity index (χ1v) is 7.13. The molecule has 2 aliphatic rings. The van der Waals surface area contributed by atoms with Gasteiger partial charge in [0.05, 0.1) is 0 Å². The van der Waals surface area contributed by atoms with Crippen molar-refractivity contribution in [1.29, 1.82) is 0 Å². The highest BCUT2D eigenvalue weighted by molar-refractivity contribution is 5.08. The van der Waals surface area contributed by atoms with Crippen LogP contribution >= 0.6 is 0 Å². The number of aliphatic hydroxyl groups excluding tert-OH is 1. The van der Waals surface area contributed by atoms with Gasteiger partial charge in [-0.1, -0.05) is 6.92 Å². The minimum Gasteiger partial charge on any atom is -0.385 e. The topological polar surface area (TPSA) is 54.2 Å². The van der Waals surface area contributed by atoms with Crippen molar-refractivity contribution in [2.45, 2.75) is 51.2 Å². The predicted octanol–water partition coefficient (Wildman–Crippen LogP) is 1.30. The number of hydrogen-bond acceptors (Lipinski definition) is 4. The fourth-order valence-electron chi connectivity index (χ4n) is 3.23. The van der Waals surface area contributed by atoms with E-state index in [1.54, 1.807) is 0 Å². The molecule has 0 amide bonds. The summed E-state index contributed by atoms with van der Waals surface area (Å²) >= 11 is 0. The van der Waals surface area contributed by atoms with Gasteiger partial charge in [-0.05, 0) is 38.8 Å². The van der Waals surface area contributed by atoms with Crippen LogP contribution in [0.25, 0.3) is 0 Å². The molecule has 18 heavy (non-hydrogen) atoms. The number of aromatic nitrogens is 3. The Hall–Kier alpha value is -0.940. The first-order valence-electron chi connectivity index (χ1n) is 7.13. The van der Waals surface area contributed by atoms with Gasteiger partial charge < -0.3 is 14.6 Å². The normalized spacial score (nSPS) is 29.2. The average molecular weight is 250 g/mol. The second kappa shape index (κ2) is 4.97. The molecule has 0 spiro atoms. The summed E-state index contributed by atoms with van der Waals surface area (Å²) in [4.78, 5) is 2.48. The third-order valence-electron chi connectivity index (χ3n) is 4.28. The van der Waals surface area contributed by atoms with E-state index >= 15 is 0 Å². The average Bonchev–Trinajstić information content (AvgIpc) is 2.84. The van der Waals surface area contributed by atoms with Gasteiger partial charge >= 0.3 is 0 Å². The number of piperidine rings is 1. The molecule has 5 heteroatoms. The van der Waals surface area contributed by atoms with Crippen LogP contribution in [0.1, 0.15) is 56.3 Å². The summed E-state index contributed by atoms with van der Waals surface area (Å²) in [6.07, 6.45) is 3.88. The van der Waals surface area contributed by atoms with Gasteiger partial charge in [0.2, 0.25) is 0 Å². The summed E-state index contributed by atoms with van der Waals surface area (Å²) in [6.45, 7) is 6.59. The van der Waals surface area contributed by atoms with Crippen molar-refractivity contribution in [2.24, 2.45) is 0 Å². The van der Waals surface area contributed by atoms with Gasteiger partial charge in [0.25, 0.3) is 0 Å². The number of likely N-dealkylation sites (tertiary alicyclic amines) is 1. The highest BCUT2D eigenvalue weighted by Gasteiger charge is 2.29. The summed E-state index contributed by atoms with van der Waals surface area (Å²) in [7, 11) is 0. The maximum atomic E-state index is 9.94. The molecular formula is C13H22N4O. The number of aliphatic hydroxyl groups is 1. The van der Waals surface area contributed by atoms with Crippen LogP contribution in [0.15, 0.2) is 0 Å². The molecule has 5 nitrogen and oxygen atoms in total. The Kier molecular flexibility index (Phi) is 3.35. The molecule has 1 aromatic rings. The minimum atomic E-state index is -0.411. The summed E-state index contributed by atoms with van der Waals surface area (Å²) < 4.78 is 2.16. The largest absolute Gasteiger partial charge is 0.385 e. The first-order chi connectivity index (χ1) is 8.79. The van der Waals surface area contributed by atoms with E-state index in [1.807, 2.05) is 0 Å². The molecule has 0 saturated carbocycles. The van der Waals surface area contributed by atoms with Gasteiger partial charge in [-0.2, -0.15) is 0 Å². The van der Waals surface area contributed by atoms with E-state index in [4.69, 9.17) is 0 Å². The molecule has 1 N–H and O–H groups in total. The zero-order valence-corrected chi connectivity index (χ0v) is 11.0. The summed E-state index contributed by atoms with van der Waals surface area (Å²) in [5, 5.41) is 18.5. The minimum absolute atomic E-state index is 0.411. The molecule has 0 bridgehead atoms. The summed E-state index contributed by atoms with van der Waals surface area (Å²) in [6, 6.07) is 0. The standard InChI is InChI=1S/C13H22N4O/c1-2-16-7-3-5-10(9-16)12-14-15-13-11(18)6-4-8-17(12)13/h10-11,18H,2-9H2,1H3. The van der Waals surface area contributed by atoms with Crippen LogP contribution in [0, 0.1) is 0 Å². The second-order valence-corrected chi connectivity index (χ2v) is 5.46. The zero-order chi connectivity index (χ0) is 12.5. The molecular weight excluding hydrogens is 228 g/mol. The van der Waals surface area contributed by atoms with Crippen LogP contribution in [-0.4, -0.2) is 44.4 Å². The molecule has 3 heterocycles. The molecule has 2 aliphatic heterocycles. The van der Waals surface area contributed by atoms with Crippen LogP contribution in [-0.2, 0) is 6.54 Å². The van der Waals surface area contributed by atoms with E-state index in [1.165, 1.54) is 19.4 Å².